The van der Waals surface area contributed by atoms with Crippen LogP contribution < -0.4 is 11.1 Å². The molecule has 31 heavy (non-hydrogen) atoms. The highest BCUT2D eigenvalue weighted by atomic mass is 16.3. The van der Waals surface area contributed by atoms with Crippen LogP contribution in [-0.4, -0.2) is 41.9 Å². The Hall–Kier alpha value is -3.49. The Labute approximate surface area is 180 Å². The van der Waals surface area contributed by atoms with Crippen molar-refractivity contribution < 1.29 is 5.11 Å². The van der Waals surface area contributed by atoms with Crippen molar-refractivity contribution in [2.75, 3.05) is 5.73 Å². The van der Waals surface area contributed by atoms with Gasteiger partial charge in [0.05, 0.1) is 29.7 Å². The van der Waals surface area contributed by atoms with E-state index in [0.29, 0.717) is 12.4 Å². The van der Waals surface area contributed by atoms with Crippen LogP contribution in [0.1, 0.15) is 24.4 Å². The Balaban J connectivity index is 1.44. The SMILES string of the molecule is C=CC(O)NC1CC(n2nc(-c3cnn(Cc4ccccc4)c3)c3c(N)nccc32)C1. The number of anilines is 1. The summed E-state index contributed by atoms with van der Waals surface area (Å²) in [4.78, 5) is 4.29. The molecule has 3 aromatic heterocycles. The molecule has 4 N–H and O–H groups in total. The van der Waals surface area contributed by atoms with Gasteiger partial charge in [0.2, 0.25) is 0 Å². The fourth-order valence-corrected chi connectivity index (χ4v) is 4.17. The number of aromatic nitrogens is 5. The topological polar surface area (TPSA) is 107 Å². The smallest absolute Gasteiger partial charge is 0.135 e. The first-order valence-electron chi connectivity index (χ1n) is 10.4. The van der Waals surface area contributed by atoms with Crippen LogP contribution >= 0.6 is 0 Å². The second-order valence-electron chi connectivity index (χ2n) is 7.97. The molecule has 1 aromatic carbocycles. The van der Waals surface area contributed by atoms with Crippen molar-refractivity contribution in [3.63, 3.8) is 0 Å². The fourth-order valence-electron chi connectivity index (χ4n) is 4.17. The number of pyridine rings is 1. The molecule has 0 aliphatic heterocycles. The summed E-state index contributed by atoms with van der Waals surface area (Å²) in [6.45, 7) is 4.30. The third-order valence-corrected chi connectivity index (χ3v) is 5.83. The van der Waals surface area contributed by atoms with E-state index in [1.54, 1.807) is 6.20 Å². The van der Waals surface area contributed by atoms with Gasteiger partial charge in [0.15, 0.2) is 0 Å². The van der Waals surface area contributed by atoms with E-state index in [4.69, 9.17) is 10.8 Å². The van der Waals surface area contributed by atoms with Gasteiger partial charge >= 0.3 is 0 Å². The quantitative estimate of drug-likeness (QED) is 0.316. The Kier molecular flexibility index (Phi) is 5.01. The van der Waals surface area contributed by atoms with Crippen LogP contribution in [0.25, 0.3) is 22.2 Å². The number of hydrogen-bond acceptors (Lipinski definition) is 6. The van der Waals surface area contributed by atoms with E-state index in [2.05, 4.69) is 34.1 Å². The molecule has 4 aromatic rings. The van der Waals surface area contributed by atoms with Crippen LogP contribution in [0.5, 0.6) is 0 Å². The number of aliphatic hydroxyl groups excluding tert-OH is 1. The van der Waals surface area contributed by atoms with Gasteiger partial charge in [-0.25, -0.2) is 4.98 Å². The second kappa shape index (κ2) is 7.98. The molecule has 158 valence electrons. The summed E-state index contributed by atoms with van der Waals surface area (Å²) >= 11 is 0. The van der Waals surface area contributed by atoms with Crippen molar-refractivity contribution in [3.05, 3.63) is 73.2 Å². The number of nitrogens with one attached hydrogen (secondary N) is 1. The van der Waals surface area contributed by atoms with Crippen molar-refractivity contribution in [1.29, 1.82) is 0 Å². The molecule has 0 spiro atoms. The Morgan fingerprint density at radius 2 is 2.06 bits per heavy atom. The molecule has 1 unspecified atom stereocenters. The maximum Gasteiger partial charge on any atom is 0.135 e. The van der Waals surface area contributed by atoms with Gasteiger partial charge in [-0.05, 0) is 30.5 Å². The molecule has 8 nitrogen and oxygen atoms in total. The van der Waals surface area contributed by atoms with Crippen molar-refractivity contribution in [2.45, 2.75) is 37.7 Å². The molecule has 8 heteroatoms. The number of rotatable bonds is 7. The summed E-state index contributed by atoms with van der Waals surface area (Å²) < 4.78 is 3.94. The molecular weight excluding hydrogens is 390 g/mol. The summed E-state index contributed by atoms with van der Waals surface area (Å²) in [5, 5.41) is 23.2. The van der Waals surface area contributed by atoms with Crippen LogP contribution in [0.15, 0.2) is 67.6 Å². The average Bonchev–Trinajstić information content (AvgIpc) is 3.36. The highest BCUT2D eigenvalue weighted by Gasteiger charge is 2.33. The van der Waals surface area contributed by atoms with E-state index < -0.39 is 6.23 Å². The van der Waals surface area contributed by atoms with Gasteiger partial charge in [0.25, 0.3) is 0 Å². The molecule has 0 amide bonds. The highest BCUT2D eigenvalue weighted by Crippen LogP contribution is 2.38. The minimum atomic E-state index is -0.689. The first-order valence-corrected chi connectivity index (χ1v) is 10.4. The lowest BCUT2D eigenvalue weighted by Gasteiger charge is -2.37. The summed E-state index contributed by atoms with van der Waals surface area (Å²) in [7, 11) is 0. The largest absolute Gasteiger partial charge is 0.383 e. The average molecular weight is 416 g/mol. The van der Waals surface area contributed by atoms with E-state index in [1.807, 2.05) is 46.0 Å². The summed E-state index contributed by atoms with van der Waals surface area (Å²) in [6, 6.07) is 12.6. The van der Waals surface area contributed by atoms with Gasteiger partial charge in [-0.3, -0.25) is 14.7 Å². The van der Waals surface area contributed by atoms with Gasteiger partial charge in [-0.15, -0.1) is 0 Å². The lowest BCUT2D eigenvalue weighted by atomic mass is 9.86. The number of nitrogen functional groups attached to an aromatic ring is 1. The minimum absolute atomic E-state index is 0.229. The normalized spacial score (nSPS) is 19.3. The van der Waals surface area contributed by atoms with Crippen molar-refractivity contribution in [3.8, 4) is 11.3 Å². The van der Waals surface area contributed by atoms with Gasteiger partial charge in [0.1, 0.15) is 17.7 Å². The molecule has 5 rings (SSSR count). The summed E-state index contributed by atoms with van der Waals surface area (Å²) in [5.41, 5.74) is 10.1. The van der Waals surface area contributed by atoms with E-state index in [-0.39, 0.29) is 12.1 Å². The predicted molar refractivity (Wildman–Crippen MR) is 120 cm³/mol. The van der Waals surface area contributed by atoms with Crippen molar-refractivity contribution in [1.82, 2.24) is 29.9 Å². The molecule has 1 aliphatic carbocycles. The van der Waals surface area contributed by atoms with Crippen LogP contribution in [0.4, 0.5) is 5.82 Å². The lowest BCUT2D eigenvalue weighted by Crippen LogP contribution is -2.46. The van der Waals surface area contributed by atoms with Crippen LogP contribution in [0.3, 0.4) is 0 Å². The number of hydrogen-bond donors (Lipinski definition) is 3. The highest BCUT2D eigenvalue weighted by molar-refractivity contribution is 6.00. The van der Waals surface area contributed by atoms with E-state index >= 15 is 0 Å². The number of nitrogens with zero attached hydrogens (tertiary/aromatic N) is 5. The van der Waals surface area contributed by atoms with Crippen LogP contribution in [0.2, 0.25) is 0 Å². The maximum absolute atomic E-state index is 9.73. The van der Waals surface area contributed by atoms with Crippen LogP contribution in [-0.2, 0) is 6.54 Å². The van der Waals surface area contributed by atoms with E-state index in [0.717, 1.165) is 35.0 Å². The lowest BCUT2D eigenvalue weighted by molar-refractivity contribution is 0.118. The predicted octanol–water partition coefficient (Wildman–Crippen LogP) is 2.72. The van der Waals surface area contributed by atoms with E-state index in [1.165, 1.54) is 11.6 Å². The van der Waals surface area contributed by atoms with E-state index in [9.17, 15) is 5.11 Å². The molecule has 1 atom stereocenters. The number of nitrogens with two attached hydrogens (primary N) is 1. The van der Waals surface area contributed by atoms with Gasteiger partial charge in [0, 0.05) is 24.0 Å². The zero-order valence-corrected chi connectivity index (χ0v) is 17.1. The molecular formula is C23H25N7O. The fraction of sp³-hybridized carbons (Fsp3) is 0.261. The van der Waals surface area contributed by atoms with Crippen LogP contribution in [0, 0.1) is 0 Å². The van der Waals surface area contributed by atoms with Gasteiger partial charge < -0.3 is 10.8 Å². The number of fused-ring (bicyclic) bond motifs is 1. The maximum atomic E-state index is 9.73. The minimum Gasteiger partial charge on any atom is -0.383 e. The first-order chi connectivity index (χ1) is 15.1. The molecule has 1 aliphatic rings. The monoisotopic (exact) mass is 415 g/mol. The van der Waals surface area contributed by atoms with Crippen molar-refractivity contribution in [2.24, 2.45) is 0 Å². The van der Waals surface area contributed by atoms with Crippen molar-refractivity contribution >= 4 is 16.7 Å². The van der Waals surface area contributed by atoms with Gasteiger partial charge in [-0.1, -0.05) is 36.9 Å². The molecule has 0 radical (unpaired) electrons. The molecule has 1 fully saturated rings. The third-order valence-electron chi connectivity index (χ3n) is 5.83. The van der Waals surface area contributed by atoms with Gasteiger partial charge in [-0.2, -0.15) is 10.2 Å². The molecule has 0 saturated heterocycles. The number of benzene rings is 1. The first kappa shape index (κ1) is 19.5. The zero-order valence-electron chi connectivity index (χ0n) is 17.1. The third kappa shape index (κ3) is 3.71. The summed E-state index contributed by atoms with van der Waals surface area (Å²) in [6.07, 6.45) is 8.09. The molecule has 1 saturated carbocycles. The second-order valence-corrected chi connectivity index (χ2v) is 7.97. The summed E-state index contributed by atoms with van der Waals surface area (Å²) in [5.74, 6) is 0.464. The standard InChI is InChI=1S/C23H25N7O/c1-2-20(31)27-17-10-18(11-17)30-19-8-9-25-23(24)21(19)22(28-30)16-12-26-29(14-16)13-15-6-4-3-5-7-15/h2-9,12,14,17-18,20,27,31H,1,10-11,13H2,(H2,24,25). The zero-order chi connectivity index (χ0) is 21.4. The molecule has 0 bridgehead atoms. The Morgan fingerprint density at radius 3 is 2.84 bits per heavy atom. The Bertz CT molecular complexity index is 1210. The number of aliphatic hydroxyl groups is 1. The Morgan fingerprint density at radius 1 is 1.26 bits per heavy atom. The molecule has 3 heterocycles.